The topological polar surface area (TPSA) is 38.7 Å². The minimum absolute atomic E-state index is 0.106. The Labute approximate surface area is 120 Å². The van der Waals surface area contributed by atoms with Gasteiger partial charge in [0.1, 0.15) is 0 Å². The second-order valence-electron chi connectivity index (χ2n) is 6.66. The van der Waals surface area contributed by atoms with Crippen LogP contribution in [0, 0.1) is 5.41 Å². The summed E-state index contributed by atoms with van der Waals surface area (Å²) >= 11 is 0. The predicted octanol–water partition coefficient (Wildman–Crippen LogP) is 3.64. The van der Waals surface area contributed by atoms with Crippen molar-refractivity contribution in [3.8, 4) is 11.5 Å². The molecule has 1 fully saturated rings. The van der Waals surface area contributed by atoms with Crippen molar-refractivity contribution in [3.63, 3.8) is 0 Å². The van der Waals surface area contributed by atoms with E-state index in [4.69, 9.17) is 9.47 Å². The molecule has 0 bridgehead atoms. The van der Waals surface area contributed by atoms with E-state index in [1.807, 2.05) is 18.2 Å². The van der Waals surface area contributed by atoms with Crippen LogP contribution in [-0.2, 0) is 5.60 Å². The Kier molecular flexibility index (Phi) is 3.41. The van der Waals surface area contributed by atoms with Crippen molar-refractivity contribution >= 4 is 0 Å². The van der Waals surface area contributed by atoms with Crippen LogP contribution in [0.15, 0.2) is 18.2 Å². The number of rotatable bonds is 1. The Bertz CT molecular complexity index is 495. The molecule has 0 spiro atoms. The fraction of sp³-hybridized carbons (Fsp3) is 0.647. The zero-order chi connectivity index (χ0) is 14.2. The molecule has 1 N–H and O–H groups in total. The van der Waals surface area contributed by atoms with Crippen molar-refractivity contribution in [1.29, 1.82) is 0 Å². The third-order valence-electron chi connectivity index (χ3n) is 4.94. The van der Waals surface area contributed by atoms with Crippen LogP contribution in [0.3, 0.4) is 0 Å². The highest BCUT2D eigenvalue weighted by atomic mass is 16.5. The largest absolute Gasteiger partial charge is 0.490 e. The molecule has 1 unspecified atom stereocenters. The van der Waals surface area contributed by atoms with E-state index in [9.17, 15) is 5.11 Å². The monoisotopic (exact) mass is 276 g/mol. The lowest BCUT2D eigenvalue weighted by molar-refractivity contribution is -0.104. The molecule has 3 rings (SSSR count). The molecular formula is C17H24O3. The zero-order valence-corrected chi connectivity index (χ0v) is 12.4. The Hall–Kier alpha value is -1.22. The summed E-state index contributed by atoms with van der Waals surface area (Å²) < 4.78 is 11.4. The fourth-order valence-corrected chi connectivity index (χ4v) is 3.45. The average molecular weight is 276 g/mol. The standard InChI is InChI=1S/C17H24O3/c1-16(2)8-3-4-9-17(16,18)13-6-7-14-15(12-13)20-11-5-10-19-14/h6-7,12,18H,3-5,8-11H2,1-2H3. The molecule has 110 valence electrons. The van der Waals surface area contributed by atoms with Crippen LogP contribution in [0.25, 0.3) is 0 Å². The van der Waals surface area contributed by atoms with E-state index >= 15 is 0 Å². The lowest BCUT2D eigenvalue weighted by Gasteiger charge is -2.47. The van der Waals surface area contributed by atoms with Gasteiger partial charge in [0.15, 0.2) is 11.5 Å². The van der Waals surface area contributed by atoms with Crippen molar-refractivity contribution in [2.45, 2.75) is 51.6 Å². The number of aliphatic hydroxyl groups is 1. The van der Waals surface area contributed by atoms with Crippen LogP contribution in [0.2, 0.25) is 0 Å². The molecule has 1 aromatic rings. The maximum Gasteiger partial charge on any atom is 0.161 e. The fourth-order valence-electron chi connectivity index (χ4n) is 3.45. The molecule has 1 heterocycles. The minimum atomic E-state index is -0.768. The maximum absolute atomic E-state index is 11.2. The van der Waals surface area contributed by atoms with Crippen LogP contribution in [-0.4, -0.2) is 18.3 Å². The van der Waals surface area contributed by atoms with Crippen LogP contribution in [0.1, 0.15) is 51.5 Å². The molecule has 1 aliphatic carbocycles. The van der Waals surface area contributed by atoms with E-state index in [0.29, 0.717) is 13.2 Å². The number of hydrogen-bond acceptors (Lipinski definition) is 3. The van der Waals surface area contributed by atoms with Gasteiger partial charge in [-0.05, 0) is 36.0 Å². The highest BCUT2D eigenvalue weighted by Gasteiger charge is 2.46. The second kappa shape index (κ2) is 4.96. The molecule has 3 nitrogen and oxygen atoms in total. The molecule has 0 radical (unpaired) electrons. The van der Waals surface area contributed by atoms with Gasteiger partial charge in [0.05, 0.1) is 18.8 Å². The van der Waals surface area contributed by atoms with Crippen molar-refractivity contribution in [2.75, 3.05) is 13.2 Å². The third kappa shape index (κ3) is 2.18. The zero-order valence-electron chi connectivity index (χ0n) is 12.4. The van der Waals surface area contributed by atoms with E-state index in [-0.39, 0.29) is 5.41 Å². The lowest BCUT2D eigenvalue weighted by Crippen LogP contribution is -2.44. The highest BCUT2D eigenvalue weighted by molar-refractivity contribution is 5.45. The molecule has 20 heavy (non-hydrogen) atoms. The molecule has 1 aromatic carbocycles. The van der Waals surface area contributed by atoms with Gasteiger partial charge in [-0.3, -0.25) is 0 Å². The molecule has 2 aliphatic rings. The molecule has 0 aromatic heterocycles. The summed E-state index contributed by atoms with van der Waals surface area (Å²) in [5, 5.41) is 11.2. The summed E-state index contributed by atoms with van der Waals surface area (Å²) in [7, 11) is 0. The molecular weight excluding hydrogens is 252 g/mol. The summed E-state index contributed by atoms with van der Waals surface area (Å²) in [5.74, 6) is 1.57. The summed E-state index contributed by atoms with van der Waals surface area (Å²) in [6, 6.07) is 5.92. The van der Waals surface area contributed by atoms with Crippen LogP contribution in [0.4, 0.5) is 0 Å². The van der Waals surface area contributed by atoms with E-state index in [2.05, 4.69) is 13.8 Å². The molecule has 1 atom stereocenters. The predicted molar refractivity (Wildman–Crippen MR) is 78.2 cm³/mol. The van der Waals surface area contributed by atoms with Crippen molar-refractivity contribution in [1.82, 2.24) is 0 Å². The van der Waals surface area contributed by atoms with E-state index in [0.717, 1.165) is 42.7 Å². The number of fused-ring (bicyclic) bond motifs is 1. The summed E-state index contributed by atoms with van der Waals surface area (Å²) in [4.78, 5) is 0. The van der Waals surface area contributed by atoms with E-state index < -0.39 is 5.60 Å². The van der Waals surface area contributed by atoms with Crippen molar-refractivity contribution in [3.05, 3.63) is 23.8 Å². The van der Waals surface area contributed by atoms with Gasteiger partial charge in [-0.1, -0.05) is 32.8 Å². The molecule has 0 saturated heterocycles. The average Bonchev–Trinajstić information content (AvgIpc) is 2.66. The Morgan fingerprint density at radius 2 is 1.65 bits per heavy atom. The summed E-state index contributed by atoms with van der Waals surface area (Å²) in [6.45, 7) is 5.70. The Balaban J connectivity index is 1.99. The third-order valence-corrected chi connectivity index (χ3v) is 4.94. The first-order valence-electron chi connectivity index (χ1n) is 7.65. The lowest BCUT2D eigenvalue weighted by atomic mass is 9.62. The first kappa shape index (κ1) is 13.7. The number of hydrogen-bond donors (Lipinski definition) is 1. The molecule has 1 saturated carbocycles. The van der Waals surface area contributed by atoms with Gasteiger partial charge in [0, 0.05) is 6.42 Å². The minimum Gasteiger partial charge on any atom is -0.490 e. The van der Waals surface area contributed by atoms with Crippen molar-refractivity contribution in [2.24, 2.45) is 5.41 Å². The first-order valence-corrected chi connectivity index (χ1v) is 7.65. The molecule has 0 amide bonds. The second-order valence-corrected chi connectivity index (χ2v) is 6.66. The quantitative estimate of drug-likeness (QED) is 0.851. The summed E-state index contributed by atoms with van der Waals surface area (Å²) in [6.07, 6.45) is 5.05. The Morgan fingerprint density at radius 1 is 0.950 bits per heavy atom. The number of ether oxygens (including phenoxy) is 2. The van der Waals surface area contributed by atoms with E-state index in [1.54, 1.807) is 0 Å². The van der Waals surface area contributed by atoms with Gasteiger partial charge in [0.2, 0.25) is 0 Å². The van der Waals surface area contributed by atoms with Crippen LogP contribution in [0.5, 0.6) is 11.5 Å². The van der Waals surface area contributed by atoms with Gasteiger partial charge >= 0.3 is 0 Å². The first-order chi connectivity index (χ1) is 9.53. The van der Waals surface area contributed by atoms with Crippen LogP contribution >= 0.6 is 0 Å². The maximum atomic E-state index is 11.2. The van der Waals surface area contributed by atoms with Gasteiger partial charge < -0.3 is 14.6 Å². The Morgan fingerprint density at radius 3 is 2.40 bits per heavy atom. The van der Waals surface area contributed by atoms with Gasteiger partial charge in [-0.15, -0.1) is 0 Å². The van der Waals surface area contributed by atoms with Gasteiger partial charge in [-0.2, -0.15) is 0 Å². The molecule has 3 heteroatoms. The normalized spacial score (nSPS) is 28.8. The van der Waals surface area contributed by atoms with Crippen LogP contribution < -0.4 is 9.47 Å². The number of benzene rings is 1. The highest BCUT2D eigenvalue weighted by Crippen LogP contribution is 2.51. The summed E-state index contributed by atoms with van der Waals surface area (Å²) in [5.41, 5.74) is 0.0903. The smallest absolute Gasteiger partial charge is 0.161 e. The van der Waals surface area contributed by atoms with Crippen molar-refractivity contribution < 1.29 is 14.6 Å². The van der Waals surface area contributed by atoms with Gasteiger partial charge in [-0.25, -0.2) is 0 Å². The molecule has 1 aliphatic heterocycles. The SMILES string of the molecule is CC1(C)CCCCC1(O)c1ccc2c(c1)OCCCO2. The van der Waals surface area contributed by atoms with Gasteiger partial charge in [0.25, 0.3) is 0 Å². The van der Waals surface area contributed by atoms with E-state index in [1.165, 1.54) is 6.42 Å².